The van der Waals surface area contributed by atoms with Crippen molar-refractivity contribution < 1.29 is 14.4 Å². The van der Waals surface area contributed by atoms with Crippen LogP contribution in [0, 0.1) is 5.92 Å². The lowest BCUT2D eigenvalue weighted by molar-refractivity contribution is -0.126. The average molecular weight is 405 g/mol. The van der Waals surface area contributed by atoms with E-state index in [-0.39, 0.29) is 11.8 Å². The van der Waals surface area contributed by atoms with E-state index in [1.165, 1.54) is 4.90 Å². The van der Waals surface area contributed by atoms with Crippen LogP contribution in [-0.2, 0) is 14.4 Å². The Balaban J connectivity index is 1.59. The Hall–Kier alpha value is -3.15. The van der Waals surface area contributed by atoms with E-state index in [4.69, 9.17) is 16.4 Å². The van der Waals surface area contributed by atoms with Gasteiger partial charge in [-0.3, -0.25) is 14.4 Å². The van der Waals surface area contributed by atoms with Crippen molar-refractivity contribution in [3.05, 3.63) is 95.5 Å². The molecule has 0 saturated carbocycles. The number of fused-ring (bicyclic) bond motifs is 1. The van der Waals surface area contributed by atoms with Gasteiger partial charge in [0.25, 0.3) is 5.91 Å². The minimum atomic E-state index is -0.872. The fourth-order valence-corrected chi connectivity index (χ4v) is 4.17. The quantitative estimate of drug-likeness (QED) is 0.607. The summed E-state index contributed by atoms with van der Waals surface area (Å²) in [6.45, 7) is 0. The molecule has 2 fully saturated rings. The fraction of sp³-hybridized carbons (Fsp3) is 0.130. The molecule has 2 aliphatic rings. The standard InChI is InChI=1S/C23H17ClN2O3/c24-16-13-11-15(12-14-16)20-19-21(29-26(20)18-9-5-2-6-10-18)23(28)25(22(19)27)17-7-3-1-4-8-17/h1-14,19-21H/t19-,20-,21-/m1/s1. The number of nitrogens with zero attached hydrogens (tertiary/aromatic N) is 2. The molecule has 6 heteroatoms. The fourth-order valence-electron chi connectivity index (χ4n) is 4.04. The zero-order valence-electron chi connectivity index (χ0n) is 15.3. The first-order valence-electron chi connectivity index (χ1n) is 9.34. The van der Waals surface area contributed by atoms with Crippen LogP contribution in [0.25, 0.3) is 0 Å². The van der Waals surface area contributed by atoms with Crippen molar-refractivity contribution >= 4 is 34.8 Å². The molecule has 2 saturated heterocycles. The molecule has 0 aliphatic carbocycles. The lowest BCUT2D eigenvalue weighted by atomic mass is 9.90. The highest BCUT2D eigenvalue weighted by Crippen LogP contribution is 2.47. The number of halogens is 1. The van der Waals surface area contributed by atoms with E-state index in [1.807, 2.05) is 48.5 Å². The maximum absolute atomic E-state index is 13.4. The second-order valence-electron chi connectivity index (χ2n) is 7.06. The van der Waals surface area contributed by atoms with Crippen molar-refractivity contribution in [2.24, 2.45) is 5.92 Å². The van der Waals surface area contributed by atoms with Crippen LogP contribution in [0.2, 0.25) is 5.02 Å². The van der Waals surface area contributed by atoms with Gasteiger partial charge in [0.1, 0.15) is 5.92 Å². The molecule has 3 atom stereocenters. The third kappa shape index (κ3) is 2.90. The zero-order valence-corrected chi connectivity index (χ0v) is 16.1. The topological polar surface area (TPSA) is 49.9 Å². The third-order valence-electron chi connectivity index (χ3n) is 5.35. The Kier molecular flexibility index (Phi) is 4.34. The minimum absolute atomic E-state index is 0.260. The summed E-state index contributed by atoms with van der Waals surface area (Å²) in [5, 5.41) is 2.28. The lowest BCUT2D eigenvalue weighted by Crippen LogP contribution is -2.37. The van der Waals surface area contributed by atoms with Gasteiger partial charge in [-0.15, -0.1) is 0 Å². The highest BCUT2D eigenvalue weighted by molar-refractivity contribution is 6.30. The Morgan fingerprint density at radius 1 is 0.724 bits per heavy atom. The smallest absolute Gasteiger partial charge is 0.266 e. The van der Waals surface area contributed by atoms with E-state index in [1.54, 1.807) is 41.5 Å². The summed E-state index contributed by atoms with van der Waals surface area (Å²) in [5.41, 5.74) is 2.21. The van der Waals surface area contributed by atoms with Gasteiger partial charge in [0.2, 0.25) is 5.91 Å². The van der Waals surface area contributed by atoms with Crippen molar-refractivity contribution in [2.45, 2.75) is 12.1 Å². The van der Waals surface area contributed by atoms with Gasteiger partial charge in [-0.05, 0) is 42.0 Å². The first-order valence-corrected chi connectivity index (χ1v) is 9.72. The molecule has 144 valence electrons. The van der Waals surface area contributed by atoms with Gasteiger partial charge >= 0.3 is 0 Å². The molecule has 5 rings (SSSR count). The van der Waals surface area contributed by atoms with Gasteiger partial charge in [-0.2, -0.15) is 0 Å². The number of benzene rings is 3. The minimum Gasteiger partial charge on any atom is -0.273 e. The SMILES string of the molecule is O=C1[C@@H]2[C@@H](c3ccc(Cl)cc3)N(c3ccccc3)O[C@H]2C(=O)N1c1ccccc1. The Morgan fingerprint density at radius 3 is 1.93 bits per heavy atom. The second kappa shape index (κ2) is 7.03. The molecule has 29 heavy (non-hydrogen) atoms. The number of anilines is 2. The maximum Gasteiger partial charge on any atom is 0.266 e. The van der Waals surface area contributed by atoms with Crippen LogP contribution in [0.1, 0.15) is 11.6 Å². The molecule has 0 bridgehead atoms. The van der Waals surface area contributed by atoms with Gasteiger partial charge in [0, 0.05) is 5.02 Å². The summed E-state index contributed by atoms with van der Waals surface area (Å²) >= 11 is 6.06. The monoisotopic (exact) mass is 404 g/mol. The number of para-hydroxylation sites is 2. The normalized spacial score (nSPS) is 23.6. The number of hydrogen-bond acceptors (Lipinski definition) is 4. The molecule has 5 nitrogen and oxygen atoms in total. The molecule has 3 aromatic carbocycles. The first-order chi connectivity index (χ1) is 14.1. The Morgan fingerprint density at radius 2 is 1.31 bits per heavy atom. The maximum atomic E-state index is 13.4. The highest BCUT2D eigenvalue weighted by Gasteiger charge is 2.60. The molecule has 3 aromatic rings. The van der Waals surface area contributed by atoms with Crippen LogP contribution in [0.3, 0.4) is 0 Å². The number of carbonyl (C=O) groups excluding carboxylic acids is 2. The number of hydrogen-bond donors (Lipinski definition) is 0. The summed E-state index contributed by atoms with van der Waals surface area (Å²) in [6, 6.07) is 25.3. The van der Waals surface area contributed by atoms with Crippen LogP contribution in [0.5, 0.6) is 0 Å². The van der Waals surface area contributed by atoms with Crippen LogP contribution < -0.4 is 9.96 Å². The lowest BCUT2D eigenvalue weighted by Gasteiger charge is -2.28. The van der Waals surface area contributed by atoms with E-state index in [2.05, 4.69) is 0 Å². The first kappa shape index (κ1) is 17.9. The molecule has 2 heterocycles. The van der Waals surface area contributed by atoms with Crippen LogP contribution in [-0.4, -0.2) is 17.9 Å². The van der Waals surface area contributed by atoms with Gasteiger partial charge in [-0.25, -0.2) is 9.96 Å². The van der Waals surface area contributed by atoms with Gasteiger partial charge in [0.15, 0.2) is 6.10 Å². The Labute approximate surface area is 173 Å². The van der Waals surface area contributed by atoms with Crippen molar-refractivity contribution in [1.29, 1.82) is 0 Å². The molecule has 0 N–H and O–H groups in total. The zero-order chi connectivity index (χ0) is 20.0. The molecular weight excluding hydrogens is 388 g/mol. The van der Waals surface area contributed by atoms with Crippen LogP contribution >= 0.6 is 11.6 Å². The number of rotatable bonds is 3. The van der Waals surface area contributed by atoms with Crippen LogP contribution in [0.4, 0.5) is 11.4 Å². The molecule has 2 amide bonds. The van der Waals surface area contributed by atoms with E-state index in [0.29, 0.717) is 10.7 Å². The summed E-state index contributed by atoms with van der Waals surface area (Å²) in [6.07, 6.45) is -0.872. The molecule has 0 spiro atoms. The number of amides is 2. The van der Waals surface area contributed by atoms with Crippen molar-refractivity contribution in [3.8, 4) is 0 Å². The Bertz CT molecular complexity index is 1060. The number of hydroxylamine groups is 1. The predicted molar refractivity (Wildman–Crippen MR) is 110 cm³/mol. The van der Waals surface area contributed by atoms with Crippen molar-refractivity contribution in [2.75, 3.05) is 9.96 Å². The summed E-state index contributed by atoms with van der Waals surface area (Å²) in [7, 11) is 0. The van der Waals surface area contributed by atoms with E-state index in [0.717, 1.165) is 11.3 Å². The molecule has 0 unspecified atom stereocenters. The summed E-state index contributed by atoms with van der Waals surface area (Å²) < 4.78 is 0. The largest absolute Gasteiger partial charge is 0.273 e. The van der Waals surface area contributed by atoms with Crippen molar-refractivity contribution in [3.63, 3.8) is 0 Å². The van der Waals surface area contributed by atoms with E-state index >= 15 is 0 Å². The van der Waals surface area contributed by atoms with E-state index < -0.39 is 18.1 Å². The number of carbonyl (C=O) groups is 2. The predicted octanol–water partition coefficient (Wildman–Crippen LogP) is 4.39. The molecule has 0 aromatic heterocycles. The van der Waals surface area contributed by atoms with Crippen LogP contribution in [0.15, 0.2) is 84.9 Å². The molecular formula is C23H17ClN2O3. The average Bonchev–Trinajstić information content (AvgIpc) is 3.26. The van der Waals surface area contributed by atoms with Crippen molar-refractivity contribution in [1.82, 2.24) is 0 Å². The second-order valence-corrected chi connectivity index (χ2v) is 7.49. The summed E-state index contributed by atoms with van der Waals surface area (Å²) in [5.74, 6) is -1.25. The van der Waals surface area contributed by atoms with E-state index in [9.17, 15) is 9.59 Å². The van der Waals surface area contributed by atoms with Gasteiger partial charge in [-0.1, -0.05) is 60.1 Å². The number of imide groups is 1. The van der Waals surface area contributed by atoms with Gasteiger partial charge in [0.05, 0.1) is 17.4 Å². The highest BCUT2D eigenvalue weighted by atomic mass is 35.5. The third-order valence-corrected chi connectivity index (χ3v) is 5.60. The molecule has 2 aliphatic heterocycles. The molecule has 0 radical (unpaired) electrons. The van der Waals surface area contributed by atoms with Gasteiger partial charge < -0.3 is 0 Å². The summed E-state index contributed by atoms with van der Waals surface area (Å²) in [4.78, 5) is 33.9.